The molecule has 0 aliphatic carbocycles. The molecule has 1 atom stereocenters. The Bertz CT molecular complexity index is 1070. The molecule has 0 radical (unpaired) electrons. The summed E-state index contributed by atoms with van der Waals surface area (Å²) in [5.74, 6) is -0.711. The predicted octanol–water partition coefficient (Wildman–Crippen LogP) is 2.76. The fourth-order valence-corrected chi connectivity index (χ4v) is 3.26. The van der Waals surface area contributed by atoms with Crippen molar-refractivity contribution >= 4 is 23.5 Å². The highest BCUT2D eigenvalue weighted by Gasteiger charge is 2.39. The predicted molar refractivity (Wildman–Crippen MR) is 102 cm³/mol. The molecule has 2 N–H and O–H groups in total. The Morgan fingerprint density at radius 2 is 1.94 bits per heavy atom. The zero-order valence-electron chi connectivity index (χ0n) is 16.3. The van der Waals surface area contributed by atoms with E-state index in [0.29, 0.717) is 17.1 Å². The minimum atomic E-state index is -4.87. The van der Waals surface area contributed by atoms with Crippen LogP contribution in [-0.2, 0) is 16.1 Å². The number of carbonyl (C=O) groups is 3. The first-order valence-corrected chi connectivity index (χ1v) is 9.34. The van der Waals surface area contributed by atoms with Crippen LogP contribution in [0, 0.1) is 0 Å². The number of halogens is 3. The Hall–Kier alpha value is -3.96. The molecule has 2 aliphatic rings. The molecule has 1 fully saturated rings. The standard InChI is InChI=1S/C20H16F3N3O6/c21-20(22,23)32-13-3-1-2-12(7-13)24-17(27)8-14-18(28)26(19(29)25-14)9-11-4-5-15-16(6-11)31-10-30-15/h1-7,14H,8-10H2,(H,24,27)(H,25,29)/t14-/m1/s1. The van der Waals surface area contributed by atoms with Gasteiger partial charge in [0.1, 0.15) is 11.8 Å². The summed E-state index contributed by atoms with van der Waals surface area (Å²) in [7, 11) is 0. The first-order valence-electron chi connectivity index (χ1n) is 9.34. The van der Waals surface area contributed by atoms with Gasteiger partial charge in [-0.3, -0.25) is 14.5 Å². The van der Waals surface area contributed by atoms with Gasteiger partial charge in [-0.1, -0.05) is 12.1 Å². The van der Waals surface area contributed by atoms with E-state index in [-0.39, 0.29) is 19.0 Å². The maximum absolute atomic E-state index is 12.6. The van der Waals surface area contributed by atoms with Crippen LogP contribution in [0.4, 0.5) is 23.7 Å². The molecular weight excluding hydrogens is 435 g/mol. The van der Waals surface area contributed by atoms with Crippen molar-refractivity contribution in [3.05, 3.63) is 48.0 Å². The molecule has 0 aromatic heterocycles. The molecule has 2 heterocycles. The van der Waals surface area contributed by atoms with Crippen LogP contribution in [-0.4, -0.2) is 41.9 Å². The van der Waals surface area contributed by atoms with Crippen molar-refractivity contribution in [1.82, 2.24) is 10.2 Å². The third-order valence-corrected chi connectivity index (χ3v) is 4.63. The highest BCUT2D eigenvalue weighted by molar-refractivity contribution is 6.06. The zero-order valence-corrected chi connectivity index (χ0v) is 16.3. The molecule has 32 heavy (non-hydrogen) atoms. The van der Waals surface area contributed by atoms with Crippen molar-refractivity contribution in [3.63, 3.8) is 0 Å². The lowest BCUT2D eigenvalue weighted by atomic mass is 10.1. The number of hydrogen-bond acceptors (Lipinski definition) is 6. The summed E-state index contributed by atoms with van der Waals surface area (Å²) in [5, 5.41) is 4.82. The number of benzene rings is 2. The molecule has 2 aromatic carbocycles. The second-order valence-corrected chi connectivity index (χ2v) is 6.94. The van der Waals surface area contributed by atoms with Gasteiger partial charge in [-0.25, -0.2) is 4.79 Å². The molecule has 0 unspecified atom stereocenters. The van der Waals surface area contributed by atoms with E-state index in [1.807, 2.05) is 0 Å². The first kappa shape index (κ1) is 21.3. The maximum atomic E-state index is 12.6. The van der Waals surface area contributed by atoms with Crippen molar-refractivity contribution in [2.75, 3.05) is 12.1 Å². The average molecular weight is 451 g/mol. The van der Waals surface area contributed by atoms with Gasteiger partial charge in [0.05, 0.1) is 13.0 Å². The van der Waals surface area contributed by atoms with Crippen LogP contribution in [0.3, 0.4) is 0 Å². The number of anilines is 1. The minimum absolute atomic E-state index is 0.0315. The number of hydrogen-bond donors (Lipinski definition) is 2. The smallest absolute Gasteiger partial charge is 0.454 e. The Balaban J connectivity index is 1.36. The second-order valence-electron chi connectivity index (χ2n) is 6.94. The van der Waals surface area contributed by atoms with Crippen LogP contribution < -0.4 is 24.8 Å². The molecule has 12 heteroatoms. The van der Waals surface area contributed by atoms with E-state index < -0.39 is 42.4 Å². The van der Waals surface area contributed by atoms with Gasteiger partial charge in [-0.15, -0.1) is 13.2 Å². The van der Waals surface area contributed by atoms with Crippen molar-refractivity contribution in [1.29, 1.82) is 0 Å². The summed E-state index contributed by atoms with van der Waals surface area (Å²) in [6.07, 6.45) is -5.27. The van der Waals surface area contributed by atoms with Crippen molar-refractivity contribution < 1.29 is 41.8 Å². The number of nitrogens with zero attached hydrogens (tertiary/aromatic N) is 1. The lowest BCUT2D eigenvalue weighted by Gasteiger charge is -2.14. The lowest BCUT2D eigenvalue weighted by molar-refractivity contribution is -0.274. The lowest BCUT2D eigenvalue weighted by Crippen LogP contribution is -2.34. The Labute approximate surface area is 179 Å². The van der Waals surface area contributed by atoms with Gasteiger partial charge in [-0.05, 0) is 29.8 Å². The van der Waals surface area contributed by atoms with E-state index in [1.165, 1.54) is 12.1 Å². The topological polar surface area (TPSA) is 106 Å². The monoisotopic (exact) mass is 451 g/mol. The van der Waals surface area contributed by atoms with E-state index in [0.717, 1.165) is 17.0 Å². The molecule has 0 spiro atoms. The molecule has 9 nitrogen and oxygen atoms in total. The Morgan fingerprint density at radius 3 is 2.72 bits per heavy atom. The number of amides is 4. The third kappa shape index (κ3) is 4.85. The van der Waals surface area contributed by atoms with Crippen molar-refractivity contribution in [2.45, 2.75) is 25.4 Å². The minimum Gasteiger partial charge on any atom is -0.454 e. The molecule has 2 aliphatic heterocycles. The van der Waals surface area contributed by atoms with Gasteiger partial charge >= 0.3 is 12.4 Å². The van der Waals surface area contributed by atoms with Crippen molar-refractivity contribution in [2.24, 2.45) is 0 Å². The summed E-state index contributed by atoms with van der Waals surface area (Å²) >= 11 is 0. The first-order chi connectivity index (χ1) is 15.2. The summed E-state index contributed by atoms with van der Waals surface area (Å²) in [4.78, 5) is 38.1. The fraction of sp³-hybridized carbons (Fsp3) is 0.250. The SMILES string of the molecule is O=C(C[C@H]1NC(=O)N(Cc2ccc3c(c2)OCO3)C1=O)Nc1cccc(OC(F)(F)F)c1. The number of carbonyl (C=O) groups excluding carboxylic acids is 3. The Morgan fingerprint density at radius 1 is 1.16 bits per heavy atom. The van der Waals surface area contributed by atoms with Crippen molar-refractivity contribution in [3.8, 4) is 17.2 Å². The number of fused-ring (bicyclic) bond motifs is 1. The van der Waals surface area contributed by atoms with Crippen LogP contribution in [0.5, 0.6) is 17.2 Å². The van der Waals surface area contributed by atoms with E-state index in [1.54, 1.807) is 18.2 Å². The highest BCUT2D eigenvalue weighted by atomic mass is 19.4. The maximum Gasteiger partial charge on any atom is 0.573 e. The molecule has 1 saturated heterocycles. The third-order valence-electron chi connectivity index (χ3n) is 4.63. The fourth-order valence-electron chi connectivity index (χ4n) is 3.26. The van der Waals surface area contributed by atoms with E-state index in [4.69, 9.17) is 9.47 Å². The van der Waals surface area contributed by atoms with Gasteiger partial charge in [0.15, 0.2) is 11.5 Å². The average Bonchev–Trinajstić information content (AvgIpc) is 3.26. The largest absolute Gasteiger partial charge is 0.573 e. The van der Waals surface area contributed by atoms with Gasteiger partial charge in [-0.2, -0.15) is 0 Å². The molecular formula is C20H16F3N3O6. The second kappa shape index (κ2) is 8.29. The molecule has 4 amide bonds. The van der Waals surface area contributed by atoms with E-state index in [9.17, 15) is 27.6 Å². The number of rotatable bonds is 6. The highest BCUT2D eigenvalue weighted by Crippen LogP contribution is 2.33. The summed E-state index contributed by atoms with van der Waals surface area (Å²) in [5.41, 5.74) is 0.676. The molecule has 2 aromatic rings. The number of ether oxygens (including phenoxy) is 3. The molecule has 0 bridgehead atoms. The molecule has 0 saturated carbocycles. The summed E-state index contributed by atoms with van der Waals surface area (Å²) in [6, 6.07) is 7.94. The molecule has 168 valence electrons. The number of urea groups is 1. The van der Waals surface area contributed by atoms with E-state index in [2.05, 4.69) is 15.4 Å². The molecule has 4 rings (SSSR count). The quantitative estimate of drug-likeness (QED) is 0.655. The summed E-state index contributed by atoms with van der Waals surface area (Å²) in [6.45, 7) is 0.0561. The van der Waals surface area contributed by atoms with Crippen LogP contribution in [0.1, 0.15) is 12.0 Å². The van der Waals surface area contributed by atoms with Crippen LogP contribution in [0.15, 0.2) is 42.5 Å². The van der Waals surface area contributed by atoms with Gasteiger partial charge in [0, 0.05) is 11.8 Å². The van der Waals surface area contributed by atoms with Gasteiger partial charge < -0.3 is 24.8 Å². The zero-order chi connectivity index (χ0) is 22.9. The van der Waals surface area contributed by atoms with E-state index >= 15 is 0 Å². The van der Waals surface area contributed by atoms with Gasteiger partial charge in [0.25, 0.3) is 5.91 Å². The number of alkyl halides is 3. The summed E-state index contributed by atoms with van der Waals surface area (Å²) < 4.78 is 51.3. The van der Waals surface area contributed by atoms with Crippen LogP contribution in [0.25, 0.3) is 0 Å². The van der Waals surface area contributed by atoms with Gasteiger partial charge in [0.2, 0.25) is 12.7 Å². The van der Waals surface area contributed by atoms with Crippen LogP contribution >= 0.6 is 0 Å². The normalized spacial score (nSPS) is 17.3. The van der Waals surface area contributed by atoms with Crippen LogP contribution in [0.2, 0.25) is 0 Å². The number of imide groups is 1. The number of nitrogens with one attached hydrogen (secondary N) is 2. The Kier molecular flexibility index (Phi) is 5.51.